The van der Waals surface area contributed by atoms with Gasteiger partial charge in [-0.1, -0.05) is 41.9 Å². The molecule has 3 atom stereocenters. The molecule has 0 unspecified atom stereocenters. The van der Waals surface area contributed by atoms with Crippen LogP contribution in [0.1, 0.15) is 43.6 Å². The molecule has 1 heterocycles. The largest absolute Gasteiger partial charge is 0.457 e. The number of esters is 1. The summed E-state index contributed by atoms with van der Waals surface area (Å²) in [6.45, 7) is 8.46. The quantitative estimate of drug-likeness (QED) is 0.570. The number of piperazine rings is 1. The number of hydrogen-bond acceptors (Lipinski definition) is 5. The number of likely N-dealkylation sites (N-methyl/N-ethyl adjacent to an activating group) is 1. The molecule has 0 aliphatic carbocycles. The maximum atomic E-state index is 13.1. The number of halogens is 1. The SMILES string of the molecule is C[C@@H](OC(=O)c1ccccc1)[C@H]1CN(C(=O)OC(C)(C)C)[C@@H](Cc2ccc(Cl)cc2)CN1C. The van der Waals surface area contributed by atoms with Gasteiger partial charge < -0.3 is 14.4 Å². The maximum Gasteiger partial charge on any atom is 0.410 e. The van der Waals surface area contributed by atoms with Gasteiger partial charge >= 0.3 is 12.1 Å². The summed E-state index contributed by atoms with van der Waals surface area (Å²) in [5.74, 6) is -0.372. The maximum absolute atomic E-state index is 13.1. The first kappa shape index (κ1) is 25.1. The highest BCUT2D eigenvalue weighted by molar-refractivity contribution is 6.30. The van der Waals surface area contributed by atoms with E-state index in [1.807, 2.05) is 65.1 Å². The van der Waals surface area contributed by atoms with Gasteiger partial charge in [0, 0.05) is 18.1 Å². The van der Waals surface area contributed by atoms with Crippen molar-refractivity contribution < 1.29 is 19.1 Å². The number of rotatable bonds is 5. The second kappa shape index (κ2) is 10.6. The Bertz CT molecular complexity index is 943. The average Bonchev–Trinajstić information content (AvgIpc) is 2.74. The molecule has 1 aliphatic rings. The van der Waals surface area contributed by atoms with E-state index in [-0.39, 0.29) is 24.1 Å². The van der Waals surface area contributed by atoms with Crippen molar-refractivity contribution in [2.75, 3.05) is 20.1 Å². The van der Waals surface area contributed by atoms with Crippen LogP contribution < -0.4 is 0 Å². The predicted octanol–water partition coefficient (Wildman–Crippen LogP) is 5.05. The second-order valence-corrected chi connectivity index (χ2v) is 10.0. The third-order valence-electron chi connectivity index (χ3n) is 5.75. The topological polar surface area (TPSA) is 59.1 Å². The minimum absolute atomic E-state index is 0.0840. The van der Waals surface area contributed by atoms with Crippen molar-refractivity contribution in [1.82, 2.24) is 9.80 Å². The van der Waals surface area contributed by atoms with E-state index >= 15 is 0 Å². The van der Waals surface area contributed by atoms with E-state index in [0.29, 0.717) is 30.1 Å². The standard InChI is InChI=1S/C26H33ClN2O4/c1-18(32-24(30)20-9-7-6-8-10-20)23-17-29(25(31)33-26(2,3)4)22(16-28(23)5)15-19-11-13-21(27)14-12-19/h6-14,18,22-23H,15-17H2,1-5H3/t18-,22+,23-/m1/s1. The van der Waals surface area contributed by atoms with Crippen molar-refractivity contribution in [3.8, 4) is 0 Å². The lowest BCUT2D eigenvalue weighted by Gasteiger charge is -2.46. The smallest absolute Gasteiger partial charge is 0.410 e. The second-order valence-electron chi connectivity index (χ2n) is 9.60. The van der Waals surface area contributed by atoms with Crippen LogP contribution in [0.25, 0.3) is 0 Å². The van der Waals surface area contributed by atoms with Crippen molar-refractivity contribution >= 4 is 23.7 Å². The summed E-state index contributed by atoms with van der Waals surface area (Å²) in [4.78, 5) is 29.7. The van der Waals surface area contributed by atoms with E-state index in [4.69, 9.17) is 21.1 Å². The van der Waals surface area contributed by atoms with Gasteiger partial charge in [-0.2, -0.15) is 0 Å². The lowest BCUT2D eigenvalue weighted by atomic mass is 9.98. The third-order valence-corrected chi connectivity index (χ3v) is 6.00. The zero-order valence-corrected chi connectivity index (χ0v) is 20.7. The van der Waals surface area contributed by atoms with Gasteiger partial charge in [-0.15, -0.1) is 0 Å². The average molecular weight is 473 g/mol. The van der Waals surface area contributed by atoms with Crippen LogP contribution in [0.3, 0.4) is 0 Å². The summed E-state index contributed by atoms with van der Waals surface area (Å²) >= 11 is 6.03. The Labute approximate surface area is 201 Å². The molecule has 7 heteroatoms. The molecule has 0 bridgehead atoms. The van der Waals surface area contributed by atoms with Crippen LogP contribution in [0.15, 0.2) is 54.6 Å². The highest BCUT2D eigenvalue weighted by Gasteiger charge is 2.40. The number of ether oxygens (including phenoxy) is 2. The van der Waals surface area contributed by atoms with Crippen LogP contribution in [-0.2, 0) is 15.9 Å². The van der Waals surface area contributed by atoms with E-state index in [2.05, 4.69) is 4.90 Å². The lowest BCUT2D eigenvalue weighted by molar-refractivity contribution is -0.0411. The van der Waals surface area contributed by atoms with Gasteiger partial charge in [0.1, 0.15) is 11.7 Å². The first-order chi connectivity index (χ1) is 15.5. The molecule has 1 fully saturated rings. The zero-order valence-electron chi connectivity index (χ0n) is 20.0. The van der Waals surface area contributed by atoms with Crippen LogP contribution >= 0.6 is 11.6 Å². The van der Waals surface area contributed by atoms with Gasteiger partial charge in [0.05, 0.1) is 17.6 Å². The fourth-order valence-electron chi connectivity index (χ4n) is 4.06. The summed E-state index contributed by atoms with van der Waals surface area (Å²) < 4.78 is 11.5. The molecule has 33 heavy (non-hydrogen) atoms. The molecule has 1 amide bonds. The molecule has 0 N–H and O–H groups in total. The Kier molecular flexibility index (Phi) is 8.03. The van der Waals surface area contributed by atoms with Crippen LogP contribution in [0.5, 0.6) is 0 Å². The van der Waals surface area contributed by atoms with E-state index < -0.39 is 11.7 Å². The van der Waals surface area contributed by atoms with Gasteiger partial charge in [0.15, 0.2) is 0 Å². The number of nitrogens with zero attached hydrogens (tertiary/aromatic N) is 2. The molecule has 3 rings (SSSR count). The zero-order chi connectivity index (χ0) is 24.2. The van der Waals surface area contributed by atoms with Crippen molar-refractivity contribution in [2.45, 2.75) is 57.9 Å². The predicted molar refractivity (Wildman–Crippen MR) is 130 cm³/mol. The Morgan fingerprint density at radius 3 is 2.30 bits per heavy atom. The number of hydrogen-bond donors (Lipinski definition) is 0. The number of amides is 1. The van der Waals surface area contributed by atoms with Crippen LogP contribution in [-0.4, -0.2) is 65.8 Å². The van der Waals surface area contributed by atoms with E-state index in [9.17, 15) is 9.59 Å². The van der Waals surface area contributed by atoms with Crippen molar-refractivity contribution in [1.29, 1.82) is 0 Å². The first-order valence-electron chi connectivity index (χ1n) is 11.2. The fraction of sp³-hybridized carbons (Fsp3) is 0.462. The molecule has 0 aromatic heterocycles. The number of carbonyl (C=O) groups excluding carboxylic acids is 2. The van der Waals surface area contributed by atoms with E-state index in [0.717, 1.165) is 5.56 Å². The number of benzene rings is 2. The Morgan fingerprint density at radius 2 is 1.70 bits per heavy atom. The minimum atomic E-state index is -0.605. The monoisotopic (exact) mass is 472 g/mol. The molecule has 1 saturated heterocycles. The molecule has 2 aromatic carbocycles. The summed E-state index contributed by atoms with van der Waals surface area (Å²) in [6.07, 6.45) is -0.101. The molecule has 1 aliphatic heterocycles. The van der Waals surface area contributed by atoms with Crippen molar-refractivity contribution in [2.24, 2.45) is 0 Å². The van der Waals surface area contributed by atoms with Crippen molar-refractivity contribution in [3.05, 3.63) is 70.7 Å². The highest BCUT2D eigenvalue weighted by atomic mass is 35.5. The highest BCUT2D eigenvalue weighted by Crippen LogP contribution is 2.24. The van der Waals surface area contributed by atoms with Crippen molar-refractivity contribution in [3.63, 3.8) is 0 Å². The van der Waals surface area contributed by atoms with Gasteiger partial charge in [-0.3, -0.25) is 4.90 Å². The number of carbonyl (C=O) groups is 2. The van der Waals surface area contributed by atoms with Gasteiger partial charge in [0.25, 0.3) is 0 Å². The lowest BCUT2D eigenvalue weighted by Crippen LogP contribution is -2.63. The molecular formula is C26H33ClN2O4. The van der Waals surface area contributed by atoms with Gasteiger partial charge in [-0.25, -0.2) is 9.59 Å². The van der Waals surface area contributed by atoms with E-state index in [1.54, 1.807) is 29.2 Å². The minimum Gasteiger partial charge on any atom is -0.457 e. The first-order valence-corrected chi connectivity index (χ1v) is 11.6. The Balaban J connectivity index is 1.77. The van der Waals surface area contributed by atoms with Gasteiger partial charge in [-0.05, 0) is 71.0 Å². The summed E-state index contributed by atoms with van der Waals surface area (Å²) in [5.41, 5.74) is 0.993. The summed E-state index contributed by atoms with van der Waals surface area (Å²) in [7, 11) is 2.00. The molecule has 0 radical (unpaired) electrons. The Morgan fingerprint density at radius 1 is 1.06 bits per heavy atom. The molecule has 2 aromatic rings. The molecule has 178 valence electrons. The fourth-order valence-corrected chi connectivity index (χ4v) is 4.19. The van der Waals surface area contributed by atoms with Crippen LogP contribution in [0.4, 0.5) is 4.79 Å². The van der Waals surface area contributed by atoms with E-state index in [1.165, 1.54) is 0 Å². The van der Waals surface area contributed by atoms with Crippen LogP contribution in [0.2, 0.25) is 5.02 Å². The summed E-state index contributed by atoms with van der Waals surface area (Å²) in [6, 6.07) is 16.4. The normalized spacial score (nSPS) is 20.2. The summed E-state index contributed by atoms with van der Waals surface area (Å²) in [5, 5.41) is 0.678. The van der Waals surface area contributed by atoms with Gasteiger partial charge in [0.2, 0.25) is 0 Å². The molecule has 0 saturated carbocycles. The van der Waals surface area contributed by atoms with Crippen LogP contribution in [0, 0.1) is 0 Å². The molecular weight excluding hydrogens is 440 g/mol. The molecule has 6 nitrogen and oxygen atoms in total. The third kappa shape index (κ3) is 6.95. The Hall–Kier alpha value is -2.57. The molecule has 0 spiro atoms.